The van der Waals surface area contributed by atoms with E-state index in [0.29, 0.717) is 10.6 Å². The number of carbonyl (C=O) groups excluding carboxylic acids is 3. The van der Waals surface area contributed by atoms with Crippen molar-refractivity contribution in [3.05, 3.63) is 97.9 Å². The van der Waals surface area contributed by atoms with E-state index in [1.165, 1.54) is 24.3 Å². The molecule has 0 aromatic heterocycles. The highest BCUT2D eigenvalue weighted by Gasteiger charge is 2.18. The summed E-state index contributed by atoms with van der Waals surface area (Å²) in [5, 5.41) is 3.22. The second-order valence-electron chi connectivity index (χ2n) is 6.13. The Balaban J connectivity index is 1.71. The molecule has 0 radical (unpaired) electrons. The van der Waals surface area contributed by atoms with Crippen molar-refractivity contribution < 1.29 is 19.1 Å². The smallest absolute Gasteiger partial charge is 0.340 e. The van der Waals surface area contributed by atoms with Crippen molar-refractivity contribution in [1.29, 1.82) is 0 Å². The summed E-state index contributed by atoms with van der Waals surface area (Å²) in [6.07, 6.45) is 0. The van der Waals surface area contributed by atoms with Crippen molar-refractivity contribution in [1.82, 2.24) is 0 Å². The number of para-hydroxylation sites is 1. The molecule has 0 heterocycles. The van der Waals surface area contributed by atoms with Crippen LogP contribution in [-0.2, 0) is 4.74 Å². The zero-order chi connectivity index (χ0) is 21.7. The number of nitrogens with one attached hydrogen (secondary N) is 1. The summed E-state index contributed by atoms with van der Waals surface area (Å²) in [6.45, 7) is -0.425. The Hall–Kier alpha value is -2.67. The number of halogens is 3. The molecule has 0 unspecified atom stereocenters. The van der Waals surface area contributed by atoms with Crippen LogP contribution in [0.15, 0.2) is 71.2 Å². The van der Waals surface area contributed by atoms with E-state index in [1.807, 2.05) is 0 Å². The van der Waals surface area contributed by atoms with Gasteiger partial charge in [0.05, 0.1) is 21.8 Å². The van der Waals surface area contributed by atoms with Gasteiger partial charge in [-0.2, -0.15) is 0 Å². The Morgan fingerprint density at radius 1 is 0.900 bits per heavy atom. The molecule has 8 heteroatoms. The number of anilines is 1. The number of rotatable bonds is 6. The third kappa shape index (κ3) is 5.48. The third-order valence-corrected chi connectivity index (χ3v) is 5.15. The van der Waals surface area contributed by atoms with Gasteiger partial charge in [0, 0.05) is 15.1 Å². The first-order chi connectivity index (χ1) is 14.3. The monoisotopic (exact) mass is 505 g/mol. The van der Waals surface area contributed by atoms with Crippen molar-refractivity contribution >= 4 is 62.5 Å². The van der Waals surface area contributed by atoms with E-state index in [0.717, 1.165) is 4.47 Å². The fourth-order valence-electron chi connectivity index (χ4n) is 2.56. The summed E-state index contributed by atoms with van der Waals surface area (Å²) >= 11 is 15.2. The normalized spacial score (nSPS) is 10.4. The molecular weight excluding hydrogens is 493 g/mol. The van der Waals surface area contributed by atoms with Gasteiger partial charge < -0.3 is 10.1 Å². The molecule has 0 saturated carbocycles. The first-order valence-corrected chi connectivity index (χ1v) is 10.2. The first kappa shape index (κ1) is 22.0. The van der Waals surface area contributed by atoms with Gasteiger partial charge in [-0.25, -0.2) is 4.79 Å². The maximum Gasteiger partial charge on any atom is 0.340 e. The minimum atomic E-state index is -0.737. The fourth-order valence-corrected chi connectivity index (χ4v) is 3.32. The van der Waals surface area contributed by atoms with E-state index < -0.39 is 18.5 Å². The highest BCUT2D eigenvalue weighted by Crippen LogP contribution is 2.23. The SMILES string of the molecule is O=C(COC(=O)c1ccccc1NC(=O)c1ccc(Cl)cc1Cl)c1ccc(Br)cc1. The maximum atomic E-state index is 12.6. The van der Waals surface area contributed by atoms with Crippen molar-refractivity contribution in [2.75, 3.05) is 11.9 Å². The van der Waals surface area contributed by atoms with Gasteiger partial charge in [0.25, 0.3) is 5.91 Å². The molecule has 1 N–H and O–H groups in total. The molecule has 30 heavy (non-hydrogen) atoms. The maximum absolute atomic E-state index is 12.6. The number of ether oxygens (including phenoxy) is 1. The van der Waals surface area contributed by atoms with Crippen LogP contribution in [0.4, 0.5) is 5.69 Å². The second-order valence-corrected chi connectivity index (χ2v) is 7.89. The predicted molar refractivity (Wildman–Crippen MR) is 120 cm³/mol. The Morgan fingerprint density at radius 2 is 1.60 bits per heavy atom. The molecule has 0 fully saturated rings. The number of hydrogen-bond donors (Lipinski definition) is 1. The molecule has 152 valence electrons. The Kier molecular flexibility index (Phi) is 7.26. The molecule has 3 rings (SSSR count). The van der Waals surface area contributed by atoms with E-state index in [-0.39, 0.29) is 27.6 Å². The largest absolute Gasteiger partial charge is 0.454 e. The summed E-state index contributed by atoms with van der Waals surface area (Å²) in [5.74, 6) is -1.59. The fraction of sp³-hybridized carbons (Fsp3) is 0.0455. The van der Waals surface area contributed by atoms with E-state index in [4.69, 9.17) is 27.9 Å². The number of amides is 1. The number of Topliss-reactive ketones (excluding diaryl/α,β-unsaturated/α-hetero) is 1. The zero-order valence-electron chi connectivity index (χ0n) is 15.3. The molecule has 0 spiro atoms. The lowest BCUT2D eigenvalue weighted by molar-refractivity contribution is 0.0475. The van der Waals surface area contributed by atoms with Gasteiger partial charge >= 0.3 is 5.97 Å². The van der Waals surface area contributed by atoms with Gasteiger partial charge in [-0.15, -0.1) is 0 Å². The molecule has 0 atom stereocenters. The average molecular weight is 507 g/mol. The number of benzene rings is 3. The lowest BCUT2D eigenvalue weighted by atomic mass is 10.1. The standard InChI is InChI=1S/C22H14BrCl2NO4/c23-14-7-5-13(6-8-14)20(27)12-30-22(29)17-3-1-2-4-19(17)26-21(28)16-10-9-15(24)11-18(16)25/h1-11H,12H2,(H,26,28). The third-order valence-electron chi connectivity index (χ3n) is 4.07. The summed E-state index contributed by atoms with van der Waals surface area (Å²) in [5.41, 5.74) is 0.966. The van der Waals surface area contributed by atoms with Crippen LogP contribution in [0.1, 0.15) is 31.1 Å². The van der Waals surface area contributed by atoms with Crippen LogP contribution < -0.4 is 5.32 Å². The minimum absolute atomic E-state index is 0.111. The summed E-state index contributed by atoms with van der Waals surface area (Å²) in [4.78, 5) is 37.3. The van der Waals surface area contributed by atoms with Gasteiger partial charge in [-0.1, -0.05) is 63.4 Å². The van der Waals surface area contributed by atoms with E-state index in [1.54, 1.807) is 42.5 Å². The average Bonchev–Trinajstić information content (AvgIpc) is 2.72. The van der Waals surface area contributed by atoms with Crippen LogP contribution >= 0.6 is 39.1 Å². The molecule has 0 saturated heterocycles. The Morgan fingerprint density at radius 3 is 2.30 bits per heavy atom. The summed E-state index contributed by atoms with van der Waals surface area (Å²) in [7, 11) is 0. The van der Waals surface area contributed by atoms with E-state index >= 15 is 0 Å². The van der Waals surface area contributed by atoms with Gasteiger partial charge in [0.1, 0.15) is 0 Å². The van der Waals surface area contributed by atoms with Crippen molar-refractivity contribution in [3.8, 4) is 0 Å². The van der Waals surface area contributed by atoms with Crippen molar-refractivity contribution in [2.45, 2.75) is 0 Å². The van der Waals surface area contributed by atoms with Crippen LogP contribution in [0.3, 0.4) is 0 Å². The molecule has 5 nitrogen and oxygen atoms in total. The predicted octanol–water partition coefficient (Wildman–Crippen LogP) is 6.05. The molecular formula is C22H14BrCl2NO4. The topological polar surface area (TPSA) is 72.5 Å². The van der Waals surface area contributed by atoms with Crippen LogP contribution in [0, 0.1) is 0 Å². The Labute approximate surface area is 191 Å². The lowest BCUT2D eigenvalue weighted by Gasteiger charge is -2.11. The quantitative estimate of drug-likeness (QED) is 0.326. The number of ketones is 1. The van der Waals surface area contributed by atoms with Crippen molar-refractivity contribution in [2.24, 2.45) is 0 Å². The number of hydrogen-bond acceptors (Lipinski definition) is 4. The van der Waals surface area contributed by atoms with Crippen molar-refractivity contribution in [3.63, 3.8) is 0 Å². The highest BCUT2D eigenvalue weighted by atomic mass is 79.9. The first-order valence-electron chi connectivity index (χ1n) is 8.66. The van der Waals surface area contributed by atoms with E-state index in [9.17, 15) is 14.4 Å². The Bertz CT molecular complexity index is 1120. The molecule has 3 aromatic carbocycles. The zero-order valence-corrected chi connectivity index (χ0v) is 18.4. The molecule has 1 amide bonds. The molecule has 0 aliphatic carbocycles. The molecule has 3 aromatic rings. The summed E-state index contributed by atoms with van der Waals surface area (Å²) in [6, 6.07) is 17.5. The minimum Gasteiger partial charge on any atom is -0.454 e. The van der Waals surface area contributed by atoms with Gasteiger partial charge in [-0.3, -0.25) is 9.59 Å². The van der Waals surface area contributed by atoms with Crippen LogP contribution in [0.2, 0.25) is 10.0 Å². The van der Waals surface area contributed by atoms with E-state index in [2.05, 4.69) is 21.2 Å². The molecule has 0 bridgehead atoms. The van der Waals surface area contributed by atoms with Gasteiger partial charge in [0.2, 0.25) is 0 Å². The second kappa shape index (κ2) is 9.89. The molecule has 0 aliphatic heterocycles. The van der Waals surface area contributed by atoms with Crippen LogP contribution in [-0.4, -0.2) is 24.3 Å². The highest BCUT2D eigenvalue weighted by molar-refractivity contribution is 9.10. The van der Waals surface area contributed by atoms with Gasteiger partial charge in [0.15, 0.2) is 12.4 Å². The molecule has 0 aliphatic rings. The summed E-state index contributed by atoms with van der Waals surface area (Å²) < 4.78 is 5.98. The lowest BCUT2D eigenvalue weighted by Crippen LogP contribution is -2.18. The number of esters is 1. The van der Waals surface area contributed by atoms with Crippen LogP contribution in [0.5, 0.6) is 0 Å². The van der Waals surface area contributed by atoms with Gasteiger partial charge in [-0.05, 0) is 42.5 Å². The van der Waals surface area contributed by atoms with Crippen LogP contribution in [0.25, 0.3) is 0 Å². The number of carbonyl (C=O) groups is 3.